The van der Waals surface area contributed by atoms with Gasteiger partial charge in [0, 0.05) is 25.5 Å². The van der Waals surface area contributed by atoms with Gasteiger partial charge in [0.05, 0.1) is 5.75 Å². The van der Waals surface area contributed by atoms with Crippen LogP contribution in [0.25, 0.3) is 0 Å². The van der Waals surface area contributed by atoms with Crippen molar-refractivity contribution in [3.05, 3.63) is 18.5 Å². The van der Waals surface area contributed by atoms with Gasteiger partial charge in [-0.25, -0.2) is 13.6 Å². The highest BCUT2D eigenvalue weighted by Crippen LogP contribution is 1.87. The highest BCUT2D eigenvalue weighted by atomic mass is 32.2. The smallest absolute Gasteiger partial charge is 0.210 e. The molecule has 0 atom stereocenters. The Bertz CT molecular complexity index is 360. The second-order valence-corrected chi connectivity index (χ2v) is 4.97. The van der Waals surface area contributed by atoms with Gasteiger partial charge >= 0.3 is 0 Å². The van der Waals surface area contributed by atoms with Crippen LogP contribution in [0.5, 0.6) is 0 Å². The van der Waals surface area contributed by atoms with Gasteiger partial charge in [-0.2, -0.15) is 5.10 Å². The third kappa shape index (κ3) is 6.21. The Balaban J connectivity index is 1.99. The summed E-state index contributed by atoms with van der Waals surface area (Å²) in [4.78, 5) is 0. The van der Waals surface area contributed by atoms with E-state index in [-0.39, 0.29) is 5.75 Å². The summed E-state index contributed by atoms with van der Waals surface area (Å²) in [7, 11) is -3.33. The standard InChI is InChI=1S/C8H16N4O2S/c9-15(13,14)8-5-10-3-1-6-12-7-2-4-11-12/h2,4,7,10H,1,3,5-6,8H2,(H2,9,13,14). The minimum absolute atomic E-state index is 0.0191. The first-order valence-corrected chi connectivity index (χ1v) is 6.48. The number of nitrogens with zero attached hydrogens (tertiary/aromatic N) is 2. The first-order chi connectivity index (χ1) is 7.08. The van der Waals surface area contributed by atoms with Crippen LogP contribution in [0.2, 0.25) is 0 Å². The molecule has 3 N–H and O–H groups in total. The third-order valence-electron chi connectivity index (χ3n) is 1.86. The van der Waals surface area contributed by atoms with Crippen LogP contribution in [0.4, 0.5) is 0 Å². The van der Waals surface area contributed by atoms with Crippen LogP contribution in [0.15, 0.2) is 18.5 Å². The average molecular weight is 232 g/mol. The molecule has 0 fully saturated rings. The Hall–Kier alpha value is -0.920. The van der Waals surface area contributed by atoms with Crippen molar-refractivity contribution in [2.45, 2.75) is 13.0 Å². The van der Waals surface area contributed by atoms with E-state index < -0.39 is 10.0 Å². The predicted octanol–water partition coefficient (Wildman–Crippen LogP) is -0.849. The molecule has 1 aromatic rings. The lowest BCUT2D eigenvalue weighted by Gasteiger charge is -2.03. The first kappa shape index (κ1) is 12.2. The lowest BCUT2D eigenvalue weighted by molar-refractivity contribution is 0.547. The van der Waals surface area contributed by atoms with Crippen LogP contribution < -0.4 is 10.5 Å². The largest absolute Gasteiger partial charge is 0.316 e. The number of sulfonamides is 1. The van der Waals surface area contributed by atoms with Crippen LogP contribution >= 0.6 is 0 Å². The van der Waals surface area contributed by atoms with E-state index in [1.54, 1.807) is 6.20 Å². The van der Waals surface area contributed by atoms with Gasteiger partial charge in [-0.15, -0.1) is 0 Å². The molecule has 0 aromatic carbocycles. The van der Waals surface area contributed by atoms with Crippen molar-refractivity contribution in [3.8, 4) is 0 Å². The second-order valence-electron chi connectivity index (χ2n) is 3.24. The van der Waals surface area contributed by atoms with E-state index in [4.69, 9.17) is 5.14 Å². The van der Waals surface area contributed by atoms with Crippen LogP contribution in [0.3, 0.4) is 0 Å². The van der Waals surface area contributed by atoms with E-state index in [9.17, 15) is 8.42 Å². The number of rotatable bonds is 7. The molecule has 0 aliphatic carbocycles. The molecule has 86 valence electrons. The maximum atomic E-state index is 10.6. The zero-order chi connectivity index (χ0) is 11.1. The fourth-order valence-corrected chi connectivity index (χ4v) is 1.57. The van der Waals surface area contributed by atoms with Gasteiger partial charge in [0.15, 0.2) is 0 Å². The number of aromatic nitrogens is 2. The van der Waals surface area contributed by atoms with Crippen LogP contribution in [-0.4, -0.2) is 37.0 Å². The lowest BCUT2D eigenvalue weighted by Crippen LogP contribution is -2.28. The Kier molecular flexibility index (Phi) is 4.73. The first-order valence-electron chi connectivity index (χ1n) is 4.76. The van der Waals surface area contributed by atoms with E-state index >= 15 is 0 Å². The molecule has 7 heteroatoms. The third-order valence-corrected chi connectivity index (χ3v) is 2.64. The normalized spacial score (nSPS) is 11.8. The quantitative estimate of drug-likeness (QED) is 0.599. The van der Waals surface area contributed by atoms with Crippen molar-refractivity contribution in [2.75, 3.05) is 18.8 Å². The Morgan fingerprint density at radius 1 is 1.40 bits per heavy atom. The molecule has 0 spiro atoms. The molecule has 0 unspecified atom stereocenters. The molecule has 1 aromatic heterocycles. The molecular weight excluding hydrogens is 216 g/mol. The van der Waals surface area contributed by atoms with Crippen LogP contribution in [0.1, 0.15) is 6.42 Å². The van der Waals surface area contributed by atoms with Crippen molar-refractivity contribution < 1.29 is 8.42 Å². The lowest BCUT2D eigenvalue weighted by atomic mass is 10.4. The molecule has 0 aliphatic rings. The topological polar surface area (TPSA) is 90.0 Å². The van der Waals surface area contributed by atoms with E-state index in [0.29, 0.717) is 6.54 Å². The molecular formula is C8H16N4O2S. The summed E-state index contributed by atoms with van der Waals surface area (Å²) in [6.07, 6.45) is 4.53. The van der Waals surface area contributed by atoms with Crippen molar-refractivity contribution in [2.24, 2.45) is 5.14 Å². The highest BCUT2D eigenvalue weighted by Gasteiger charge is 2.00. The monoisotopic (exact) mass is 232 g/mol. The molecule has 0 aliphatic heterocycles. The van der Waals surface area contributed by atoms with Gasteiger partial charge in [-0.3, -0.25) is 4.68 Å². The SMILES string of the molecule is NS(=O)(=O)CCNCCCn1cccn1. The van der Waals surface area contributed by atoms with E-state index in [1.807, 2.05) is 16.9 Å². The Labute approximate surface area is 89.5 Å². The van der Waals surface area contributed by atoms with E-state index in [2.05, 4.69) is 10.4 Å². The molecule has 0 radical (unpaired) electrons. The van der Waals surface area contributed by atoms with Gasteiger partial charge in [0.1, 0.15) is 0 Å². The number of hydrogen-bond acceptors (Lipinski definition) is 4. The van der Waals surface area contributed by atoms with E-state index in [0.717, 1.165) is 19.5 Å². The molecule has 6 nitrogen and oxygen atoms in total. The van der Waals surface area contributed by atoms with Gasteiger partial charge in [0.2, 0.25) is 10.0 Å². The fraction of sp³-hybridized carbons (Fsp3) is 0.625. The summed E-state index contributed by atoms with van der Waals surface area (Å²) in [5.41, 5.74) is 0. The summed E-state index contributed by atoms with van der Waals surface area (Å²) >= 11 is 0. The Morgan fingerprint density at radius 3 is 2.80 bits per heavy atom. The number of aryl methyl sites for hydroxylation is 1. The zero-order valence-corrected chi connectivity index (χ0v) is 9.28. The summed E-state index contributed by atoms with van der Waals surface area (Å²) < 4.78 is 23.0. The predicted molar refractivity (Wildman–Crippen MR) is 57.7 cm³/mol. The molecule has 0 saturated carbocycles. The van der Waals surface area contributed by atoms with Crippen molar-refractivity contribution in [1.82, 2.24) is 15.1 Å². The molecule has 0 bridgehead atoms. The van der Waals surface area contributed by atoms with Crippen molar-refractivity contribution >= 4 is 10.0 Å². The van der Waals surface area contributed by atoms with Gasteiger partial charge in [-0.05, 0) is 19.0 Å². The number of nitrogens with one attached hydrogen (secondary N) is 1. The highest BCUT2D eigenvalue weighted by molar-refractivity contribution is 7.89. The van der Waals surface area contributed by atoms with Crippen LogP contribution in [-0.2, 0) is 16.6 Å². The van der Waals surface area contributed by atoms with Gasteiger partial charge < -0.3 is 5.32 Å². The van der Waals surface area contributed by atoms with Gasteiger partial charge in [-0.1, -0.05) is 0 Å². The average Bonchev–Trinajstić information content (AvgIpc) is 2.61. The van der Waals surface area contributed by atoms with E-state index in [1.165, 1.54) is 0 Å². The maximum Gasteiger partial charge on any atom is 0.210 e. The molecule has 0 saturated heterocycles. The molecule has 1 heterocycles. The van der Waals surface area contributed by atoms with Crippen LogP contribution in [0, 0.1) is 0 Å². The minimum Gasteiger partial charge on any atom is -0.316 e. The molecule has 15 heavy (non-hydrogen) atoms. The van der Waals surface area contributed by atoms with Gasteiger partial charge in [0.25, 0.3) is 0 Å². The minimum atomic E-state index is -3.33. The molecule has 0 amide bonds. The summed E-state index contributed by atoms with van der Waals surface area (Å²) in [6.45, 7) is 1.99. The molecule has 1 rings (SSSR count). The number of nitrogens with two attached hydrogens (primary N) is 1. The summed E-state index contributed by atoms with van der Waals surface area (Å²) in [5.74, 6) is -0.0191. The second kappa shape index (κ2) is 5.84. The van der Waals surface area contributed by atoms with Crippen molar-refractivity contribution in [3.63, 3.8) is 0 Å². The maximum absolute atomic E-state index is 10.6. The zero-order valence-electron chi connectivity index (χ0n) is 8.46. The number of primary sulfonamides is 1. The summed E-state index contributed by atoms with van der Waals surface area (Å²) in [6, 6.07) is 1.87. The number of hydrogen-bond donors (Lipinski definition) is 2. The van der Waals surface area contributed by atoms with Crippen molar-refractivity contribution in [1.29, 1.82) is 0 Å². The Morgan fingerprint density at radius 2 is 2.20 bits per heavy atom. The summed E-state index contributed by atoms with van der Waals surface area (Å²) in [5, 5.41) is 11.9. The fourth-order valence-electron chi connectivity index (χ4n) is 1.14.